The zero-order valence-corrected chi connectivity index (χ0v) is 7.25. The Morgan fingerprint density at radius 1 is 1.58 bits per heavy atom. The van der Waals surface area contributed by atoms with Gasteiger partial charge >= 0.3 is 5.97 Å². The van der Waals surface area contributed by atoms with Crippen LogP contribution in [0.4, 0.5) is 0 Å². The predicted molar refractivity (Wildman–Crippen MR) is 41.6 cm³/mol. The Bertz CT molecular complexity index is 140. The second-order valence-electron chi connectivity index (χ2n) is 2.68. The van der Waals surface area contributed by atoms with Gasteiger partial charge in [-0.05, 0) is 19.3 Å². The summed E-state index contributed by atoms with van der Waals surface area (Å²) in [5, 5.41) is 0. The fourth-order valence-electron chi connectivity index (χ4n) is 1.06. The van der Waals surface area contributed by atoms with E-state index in [0.717, 1.165) is 25.9 Å². The fourth-order valence-corrected chi connectivity index (χ4v) is 1.06. The second-order valence-corrected chi connectivity index (χ2v) is 2.68. The van der Waals surface area contributed by atoms with Crippen LogP contribution < -0.4 is 0 Å². The van der Waals surface area contributed by atoms with Crippen LogP contribution in [0.1, 0.15) is 19.3 Å². The van der Waals surface area contributed by atoms with Gasteiger partial charge in [-0.15, -0.1) is 0 Å². The van der Waals surface area contributed by atoms with Crippen molar-refractivity contribution in [3.05, 3.63) is 0 Å². The topological polar surface area (TPSA) is 44.8 Å². The van der Waals surface area contributed by atoms with Gasteiger partial charge in [-0.3, -0.25) is 0 Å². The summed E-state index contributed by atoms with van der Waals surface area (Å²) in [6.45, 7) is 0.715. The molecule has 0 radical (unpaired) electrons. The highest BCUT2D eigenvalue weighted by atomic mass is 16.7. The number of rotatable bonds is 3. The monoisotopic (exact) mass is 174 g/mol. The lowest BCUT2D eigenvalue weighted by Crippen LogP contribution is -2.25. The molecule has 1 fully saturated rings. The maximum atomic E-state index is 10.7. The van der Waals surface area contributed by atoms with Crippen molar-refractivity contribution in [2.45, 2.75) is 25.6 Å². The summed E-state index contributed by atoms with van der Waals surface area (Å²) in [6.07, 6.45) is 2.85. The first-order chi connectivity index (χ1) is 5.83. The molecule has 1 aliphatic rings. The summed E-state index contributed by atoms with van der Waals surface area (Å²) in [5.41, 5.74) is 0. The molecule has 12 heavy (non-hydrogen) atoms. The summed E-state index contributed by atoms with van der Waals surface area (Å²) < 4.78 is 14.8. The summed E-state index contributed by atoms with van der Waals surface area (Å²) in [6, 6.07) is 0. The van der Waals surface area contributed by atoms with E-state index in [9.17, 15) is 4.79 Å². The Kier molecular flexibility index (Phi) is 4.04. The number of esters is 1. The van der Waals surface area contributed by atoms with Crippen LogP contribution in [-0.4, -0.2) is 32.6 Å². The third-order valence-corrected chi connectivity index (χ3v) is 1.75. The molecule has 1 atom stereocenters. The van der Waals surface area contributed by atoms with Crippen molar-refractivity contribution < 1.29 is 19.0 Å². The van der Waals surface area contributed by atoms with E-state index in [1.54, 1.807) is 0 Å². The molecule has 0 aliphatic carbocycles. The van der Waals surface area contributed by atoms with Crippen LogP contribution in [-0.2, 0) is 19.0 Å². The summed E-state index contributed by atoms with van der Waals surface area (Å²) >= 11 is 0. The van der Waals surface area contributed by atoms with E-state index in [1.165, 1.54) is 7.11 Å². The quantitative estimate of drug-likeness (QED) is 0.591. The molecule has 4 nitrogen and oxygen atoms in total. The summed E-state index contributed by atoms with van der Waals surface area (Å²) in [5.74, 6) is -0.357. The minimum absolute atomic E-state index is 0.0127. The maximum absolute atomic E-state index is 10.7. The van der Waals surface area contributed by atoms with Gasteiger partial charge < -0.3 is 14.2 Å². The van der Waals surface area contributed by atoms with E-state index < -0.39 is 0 Å². The highest BCUT2D eigenvalue weighted by molar-refractivity contribution is 5.70. The normalized spacial score (nSPS) is 23.6. The molecule has 0 saturated carbocycles. The molecule has 4 heteroatoms. The molecule has 0 unspecified atom stereocenters. The number of carbonyl (C=O) groups excluding carboxylic acids is 1. The second kappa shape index (κ2) is 5.11. The molecule has 0 bridgehead atoms. The van der Waals surface area contributed by atoms with Crippen LogP contribution >= 0.6 is 0 Å². The first-order valence-electron chi connectivity index (χ1n) is 4.13. The third kappa shape index (κ3) is 3.19. The molecule has 70 valence electrons. The van der Waals surface area contributed by atoms with Crippen LogP contribution in [0.2, 0.25) is 0 Å². The van der Waals surface area contributed by atoms with Crippen molar-refractivity contribution in [1.29, 1.82) is 0 Å². The first kappa shape index (κ1) is 9.48. The smallest absolute Gasteiger partial charge is 0.331 e. The van der Waals surface area contributed by atoms with Gasteiger partial charge in [0.25, 0.3) is 0 Å². The van der Waals surface area contributed by atoms with Crippen LogP contribution in [0, 0.1) is 0 Å². The van der Waals surface area contributed by atoms with Crippen molar-refractivity contribution in [2.24, 2.45) is 0 Å². The molecule has 0 aromatic carbocycles. The highest BCUT2D eigenvalue weighted by Gasteiger charge is 2.15. The van der Waals surface area contributed by atoms with Crippen LogP contribution in [0.3, 0.4) is 0 Å². The van der Waals surface area contributed by atoms with Gasteiger partial charge in [-0.25, -0.2) is 4.79 Å². The van der Waals surface area contributed by atoms with E-state index in [0.29, 0.717) is 0 Å². The van der Waals surface area contributed by atoms with Gasteiger partial charge in [0, 0.05) is 6.61 Å². The molecule has 1 aliphatic heterocycles. The molecule has 0 spiro atoms. The number of methoxy groups -OCH3 is 1. The average Bonchev–Trinajstić information content (AvgIpc) is 2.16. The third-order valence-electron chi connectivity index (χ3n) is 1.75. The minimum Gasteiger partial charge on any atom is -0.467 e. The average molecular weight is 174 g/mol. The Morgan fingerprint density at radius 2 is 2.42 bits per heavy atom. The SMILES string of the molecule is COC(=O)CO[C@@H]1CCCCO1. The fraction of sp³-hybridized carbons (Fsp3) is 0.875. The van der Waals surface area contributed by atoms with Crippen LogP contribution in [0.25, 0.3) is 0 Å². The van der Waals surface area contributed by atoms with E-state index in [1.807, 2.05) is 0 Å². The minimum atomic E-state index is -0.357. The molecule has 0 amide bonds. The molecule has 1 heterocycles. The number of carbonyl (C=O) groups is 1. The zero-order chi connectivity index (χ0) is 8.81. The first-order valence-corrected chi connectivity index (χ1v) is 4.13. The lowest BCUT2D eigenvalue weighted by molar-refractivity contribution is -0.180. The van der Waals surface area contributed by atoms with Gasteiger partial charge in [0.15, 0.2) is 6.29 Å². The van der Waals surface area contributed by atoms with E-state index in [2.05, 4.69) is 4.74 Å². The Morgan fingerprint density at radius 3 is 3.00 bits per heavy atom. The Labute approximate surface area is 71.8 Å². The predicted octanol–water partition coefficient (Wildman–Crippen LogP) is 0.703. The van der Waals surface area contributed by atoms with E-state index in [-0.39, 0.29) is 18.9 Å². The molecular weight excluding hydrogens is 160 g/mol. The molecule has 1 saturated heterocycles. The van der Waals surface area contributed by atoms with Gasteiger partial charge in [-0.1, -0.05) is 0 Å². The summed E-state index contributed by atoms with van der Waals surface area (Å²) in [4.78, 5) is 10.7. The lowest BCUT2D eigenvalue weighted by atomic mass is 10.2. The van der Waals surface area contributed by atoms with Crippen LogP contribution in [0.15, 0.2) is 0 Å². The molecule has 0 N–H and O–H groups in total. The van der Waals surface area contributed by atoms with Crippen molar-refractivity contribution in [2.75, 3.05) is 20.3 Å². The number of ether oxygens (including phenoxy) is 3. The number of hydrogen-bond acceptors (Lipinski definition) is 4. The number of hydrogen-bond donors (Lipinski definition) is 0. The van der Waals surface area contributed by atoms with Gasteiger partial charge in [0.05, 0.1) is 7.11 Å². The Balaban J connectivity index is 2.09. The standard InChI is InChI=1S/C8H14O4/c1-10-7(9)6-12-8-4-2-3-5-11-8/h8H,2-6H2,1H3/t8-/m1/s1. The van der Waals surface area contributed by atoms with E-state index >= 15 is 0 Å². The molecule has 1 rings (SSSR count). The molecule has 0 aromatic heterocycles. The van der Waals surface area contributed by atoms with Crippen molar-refractivity contribution in [1.82, 2.24) is 0 Å². The molecule has 0 aromatic rings. The summed E-state index contributed by atoms with van der Waals surface area (Å²) in [7, 11) is 1.34. The van der Waals surface area contributed by atoms with E-state index in [4.69, 9.17) is 9.47 Å². The van der Waals surface area contributed by atoms with Crippen molar-refractivity contribution in [3.63, 3.8) is 0 Å². The van der Waals surface area contributed by atoms with Gasteiger partial charge in [0.1, 0.15) is 6.61 Å². The van der Waals surface area contributed by atoms with Crippen molar-refractivity contribution >= 4 is 5.97 Å². The zero-order valence-electron chi connectivity index (χ0n) is 7.25. The van der Waals surface area contributed by atoms with Gasteiger partial charge in [0.2, 0.25) is 0 Å². The lowest BCUT2D eigenvalue weighted by Gasteiger charge is -2.21. The Hall–Kier alpha value is -0.610. The molecular formula is C8H14O4. The van der Waals surface area contributed by atoms with Crippen molar-refractivity contribution in [3.8, 4) is 0 Å². The maximum Gasteiger partial charge on any atom is 0.331 e. The highest BCUT2D eigenvalue weighted by Crippen LogP contribution is 2.13. The van der Waals surface area contributed by atoms with Crippen LogP contribution in [0.5, 0.6) is 0 Å². The van der Waals surface area contributed by atoms with Gasteiger partial charge in [-0.2, -0.15) is 0 Å². The largest absolute Gasteiger partial charge is 0.467 e.